The number of carbonyl (C=O) groups excluding carboxylic acids is 5. The number of hydrogen-bond donors (Lipinski definition) is 4. The van der Waals surface area contributed by atoms with E-state index in [1.807, 2.05) is 38.1 Å². The molecule has 1 unspecified atom stereocenters. The van der Waals surface area contributed by atoms with Crippen LogP contribution in [0.3, 0.4) is 0 Å². The second-order valence-corrected chi connectivity index (χ2v) is 10.4. The lowest BCUT2D eigenvalue weighted by molar-refractivity contribution is -0.143. The zero-order valence-corrected chi connectivity index (χ0v) is 22.4. The minimum absolute atomic E-state index is 0.0320. The topological polar surface area (TPSA) is 151 Å². The van der Waals surface area contributed by atoms with Crippen LogP contribution in [0.5, 0.6) is 0 Å². The van der Waals surface area contributed by atoms with Gasteiger partial charge in [0.1, 0.15) is 12.1 Å². The quantitative estimate of drug-likeness (QED) is 0.187. The molecule has 2 aliphatic rings. The van der Waals surface area contributed by atoms with Crippen molar-refractivity contribution >= 4 is 29.5 Å². The number of nitrogens with one attached hydrogen (secondary N) is 3. The number of likely N-dealkylation sites (tertiary alicyclic amines) is 1. The first kappa shape index (κ1) is 29.4. The maximum absolute atomic E-state index is 14.0. The lowest BCUT2D eigenvalue weighted by Gasteiger charge is -2.32. The largest absolute Gasteiger partial charge is 0.352 e. The average Bonchev–Trinajstić information content (AvgIpc) is 3.47. The van der Waals surface area contributed by atoms with Gasteiger partial charge in [-0.2, -0.15) is 0 Å². The predicted octanol–water partition coefficient (Wildman–Crippen LogP) is 0.691. The van der Waals surface area contributed by atoms with E-state index in [-0.39, 0.29) is 43.7 Å². The highest BCUT2D eigenvalue weighted by molar-refractivity contribution is 6.38. The van der Waals surface area contributed by atoms with E-state index < -0.39 is 47.7 Å². The predicted molar refractivity (Wildman–Crippen MR) is 146 cm³/mol. The lowest BCUT2D eigenvalue weighted by Crippen LogP contribution is -2.59. The van der Waals surface area contributed by atoms with Gasteiger partial charge in [-0.3, -0.25) is 19.2 Å². The van der Waals surface area contributed by atoms with E-state index in [1.165, 1.54) is 11.0 Å². The molecule has 0 bridgehead atoms. The summed E-state index contributed by atoms with van der Waals surface area (Å²) >= 11 is 0. The van der Waals surface area contributed by atoms with Gasteiger partial charge in [-0.05, 0) is 48.1 Å². The fourth-order valence-corrected chi connectivity index (χ4v) is 5.50. The lowest BCUT2D eigenvalue weighted by atomic mass is 9.92. The van der Waals surface area contributed by atoms with Crippen LogP contribution in [0.1, 0.15) is 37.8 Å². The second-order valence-electron chi connectivity index (χ2n) is 10.4. The monoisotopic (exact) mass is 535 g/mol. The number of rotatable bonds is 11. The van der Waals surface area contributed by atoms with Gasteiger partial charge in [-0.15, -0.1) is 18.9 Å². The molecule has 10 heteroatoms. The number of nitrogens with two attached hydrogens (primary N) is 1. The van der Waals surface area contributed by atoms with Crippen molar-refractivity contribution in [1.82, 2.24) is 20.9 Å². The van der Waals surface area contributed by atoms with Crippen LogP contribution in [0.15, 0.2) is 36.9 Å². The maximum atomic E-state index is 14.0. The van der Waals surface area contributed by atoms with E-state index >= 15 is 0 Å². The number of terminal acetylenes is 1. The van der Waals surface area contributed by atoms with Crippen LogP contribution in [-0.2, 0) is 32.0 Å². The molecule has 0 aromatic heterocycles. The Morgan fingerprint density at radius 3 is 2.36 bits per heavy atom. The van der Waals surface area contributed by atoms with Gasteiger partial charge in [0.15, 0.2) is 0 Å². The summed E-state index contributed by atoms with van der Waals surface area (Å²) in [4.78, 5) is 66.1. The van der Waals surface area contributed by atoms with Crippen LogP contribution in [0.2, 0.25) is 0 Å². The first-order valence-corrected chi connectivity index (χ1v) is 13.2. The van der Waals surface area contributed by atoms with E-state index in [2.05, 4.69) is 28.4 Å². The molecule has 1 heterocycles. The first-order chi connectivity index (χ1) is 18.6. The number of benzene rings is 1. The molecule has 0 saturated carbocycles. The molecule has 10 nitrogen and oxygen atoms in total. The van der Waals surface area contributed by atoms with Gasteiger partial charge in [-0.25, -0.2) is 4.79 Å². The summed E-state index contributed by atoms with van der Waals surface area (Å²) in [5, 5.41) is 7.72. The van der Waals surface area contributed by atoms with E-state index in [9.17, 15) is 24.0 Å². The van der Waals surface area contributed by atoms with Crippen molar-refractivity contribution in [2.24, 2.45) is 23.5 Å². The fraction of sp³-hybridized carbons (Fsp3) is 0.483. The summed E-state index contributed by atoms with van der Waals surface area (Å²) in [5.41, 5.74) is 7.67. The number of amides is 5. The van der Waals surface area contributed by atoms with Gasteiger partial charge in [0.05, 0.1) is 6.04 Å². The van der Waals surface area contributed by atoms with Crippen molar-refractivity contribution < 1.29 is 24.0 Å². The minimum Gasteiger partial charge on any atom is -0.352 e. The molecule has 3 rings (SSSR count). The molecule has 1 aliphatic carbocycles. The number of nitrogens with zero attached hydrogens (tertiary/aromatic N) is 1. The molecule has 5 atom stereocenters. The fourth-order valence-electron chi connectivity index (χ4n) is 5.50. The molecule has 1 aliphatic heterocycles. The minimum atomic E-state index is -1.15. The highest BCUT2D eigenvalue weighted by Crippen LogP contribution is 2.34. The van der Waals surface area contributed by atoms with Crippen LogP contribution in [0, 0.1) is 30.1 Å². The molecule has 39 heavy (non-hydrogen) atoms. The molecule has 208 valence electrons. The van der Waals surface area contributed by atoms with Crippen molar-refractivity contribution in [3.8, 4) is 12.3 Å². The Kier molecular flexibility index (Phi) is 9.88. The normalized spacial score (nSPS) is 21.7. The van der Waals surface area contributed by atoms with Crippen LogP contribution in [0.4, 0.5) is 4.79 Å². The van der Waals surface area contributed by atoms with Gasteiger partial charge < -0.3 is 26.6 Å². The third-order valence-electron chi connectivity index (χ3n) is 7.73. The molecule has 1 aromatic rings. The number of carbonyl (C=O) groups is 5. The Balaban J connectivity index is 1.83. The first-order valence-electron chi connectivity index (χ1n) is 13.2. The number of hydrogen-bond acceptors (Lipinski definition) is 5. The number of Topliss-reactive ketones (excluding diaryl/α,β-unsaturated/α-hetero) is 1. The van der Waals surface area contributed by atoms with Crippen molar-refractivity contribution in [3.05, 3.63) is 48.0 Å². The molecule has 1 aromatic carbocycles. The Hall–Kier alpha value is -4.13. The van der Waals surface area contributed by atoms with Crippen molar-refractivity contribution in [3.63, 3.8) is 0 Å². The summed E-state index contributed by atoms with van der Waals surface area (Å²) in [6, 6.07) is 4.04. The Bertz CT molecular complexity index is 1150. The molecule has 1 fully saturated rings. The van der Waals surface area contributed by atoms with Gasteiger partial charge in [0.25, 0.3) is 5.91 Å². The zero-order chi connectivity index (χ0) is 28.7. The summed E-state index contributed by atoms with van der Waals surface area (Å²) in [6.45, 7) is 7.69. The third-order valence-corrected chi connectivity index (χ3v) is 7.73. The highest BCUT2D eigenvalue weighted by atomic mass is 16.2. The van der Waals surface area contributed by atoms with Crippen LogP contribution in [-0.4, -0.2) is 65.7 Å². The summed E-state index contributed by atoms with van der Waals surface area (Å²) in [7, 11) is 0. The average molecular weight is 536 g/mol. The standard InChI is InChI=1S/C29H37N5O5/c1-5-7-12-22(25(35)27(37)31-13-6-2)32-26(36)24-18(4)17(3)16-34(24)28(38)23(33-29(30)39)21-14-19-10-8-9-11-20(19)15-21/h1,6,8-11,17-18,21-24H,2,7,12-16H2,3-4H3,(H,31,37)(H,32,36)(H3,30,33,39)/t17-,18-,22?,23-,24-/m0/s1. The molecule has 5 amide bonds. The number of ketones is 1. The smallest absolute Gasteiger partial charge is 0.312 e. The van der Waals surface area contributed by atoms with Crippen LogP contribution < -0.4 is 21.7 Å². The molecular formula is C29H37N5O5. The summed E-state index contributed by atoms with van der Waals surface area (Å²) in [6.07, 6.45) is 8.21. The van der Waals surface area contributed by atoms with Gasteiger partial charge >= 0.3 is 6.03 Å². The molecule has 5 N–H and O–H groups in total. The highest BCUT2D eigenvalue weighted by Gasteiger charge is 2.48. The van der Waals surface area contributed by atoms with Crippen molar-refractivity contribution in [2.45, 2.75) is 57.7 Å². The zero-order valence-electron chi connectivity index (χ0n) is 22.4. The number of primary amides is 1. The van der Waals surface area contributed by atoms with E-state index in [4.69, 9.17) is 12.2 Å². The van der Waals surface area contributed by atoms with Crippen LogP contribution in [0.25, 0.3) is 0 Å². The van der Waals surface area contributed by atoms with Crippen molar-refractivity contribution in [1.29, 1.82) is 0 Å². The molecule has 0 spiro atoms. The third kappa shape index (κ3) is 6.85. The Morgan fingerprint density at radius 2 is 1.79 bits per heavy atom. The molecule has 1 saturated heterocycles. The SMILES string of the molecule is C#CCCC(NC(=O)[C@@H]1[C@@H](C)[C@@H](C)CN1C(=O)[C@@H](NC(N)=O)C1Cc2ccccc2C1)C(=O)C(=O)NCC=C. The molecule has 0 radical (unpaired) electrons. The Morgan fingerprint density at radius 1 is 1.15 bits per heavy atom. The second kappa shape index (κ2) is 13.1. The van der Waals surface area contributed by atoms with Crippen LogP contribution >= 0.6 is 0 Å². The van der Waals surface area contributed by atoms with E-state index in [1.54, 1.807) is 0 Å². The number of urea groups is 1. The summed E-state index contributed by atoms with van der Waals surface area (Å²) in [5.74, 6) is -0.724. The van der Waals surface area contributed by atoms with Gasteiger partial charge in [0, 0.05) is 19.5 Å². The summed E-state index contributed by atoms with van der Waals surface area (Å²) < 4.78 is 0. The maximum Gasteiger partial charge on any atom is 0.312 e. The van der Waals surface area contributed by atoms with E-state index in [0.717, 1.165) is 11.1 Å². The van der Waals surface area contributed by atoms with Gasteiger partial charge in [0.2, 0.25) is 17.6 Å². The van der Waals surface area contributed by atoms with E-state index in [0.29, 0.717) is 12.8 Å². The van der Waals surface area contributed by atoms with Crippen molar-refractivity contribution in [2.75, 3.05) is 13.1 Å². The molecular weight excluding hydrogens is 498 g/mol. The number of fused-ring (bicyclic) bond motifs is 1. The van der Waals surface area contributed by atoms with Gasteiger partial charge in [-0.1, -0.05) is 44.2 Å². The Labute approximate surface area is 229 Å².